The SMILES string of the molecule is COc1ccc([C@@H](C)NC(C)Cc2ccccc2)cc1. The summed E-state index contributed by atoms with van der Waals surface area (Å²) < 4.78 is 5.19. The number of hydrogen-bond donors (Lipinski definition) is 1. The lowest BCUT2D eigenvalue weighted by molar-refractivity contribution is 0.414. The molecule has 106 valence electrons. The van der Waals surface area contributed by atoms with E-state index in [1.807, 2.05) is 12.1 Å². The van der Waals surface area contributed by atoms with Crippen LogP contribution >= 0.6 is 0 Å². The van der Waals surface area contributed by atoms with Crippen LogP contribution in [0.1, 0.15) is 31.0 Å². The van der Waals surface area contributed by atoms with Crippen molar-refractivity contribution in [2.24, 2.45) is 0 Å². The van der Waals surface area contributed by atoms with Crippen LogP contribution in [-0.2, 0) is 6.42 Å². The van der Waals surface area contributed by atoms with Crippen molar-refractivity contribution in [3.8, 4) is 5.75 Å². The average Bonchev–Trinajstić information content (AvgIpc) is 2.48. The summed E-state index contributed by atoms with van der Waals surface area (Å²) in [6.07, 6.45) is 1.04. The first kappa shape index (κ1) is 14.6. The topological polar surface area (TPSA) is 21.3 Å². The predicted octanol–water partition coefficient (Wildman–Crippen LogP) is 3.98. The molecule has 0 aliphatic rings. The van der Waals surface area contributed by atoms with Crippen molar-refractivity contribution in [2.75, 3.05) is 7.11 Å². The van der Waals surface area contributed by atoms with Gasteiger partial charge in [0.1, 0.15) is 5.75 Å². The third-order valence-corrected chi connectivity index (χ3v) is 3.54. The van der Waals surface area contributed by atoms with E-state index in [4.69, 9.17) is 4.74 Å². The van der Waals surface area contributed by atoms with Crippen LogP contribution < -0.4 is 10.1 Å². The zero-order chi connectivity index (χ0) is 14.4. The molecule has 0 bridgehead atoms. The van der Waals surface area contributed by atoms with E-state index >= 15 is 0 Å². The number of benzene rings is 2. The maximum absolute atomic E-state index is 5.19. The zero-order valence-corrected chi connectivity index (χ0v) is 12.5. The molecule has 0 heterocycles. The van der Waals surface area contributed by atoms with Crippen LogP contribution in [0, 0.1) is 0 Å². The number of hydrogen-bond acceptors (Lipinski definition) is 2. The van der Waals surface area contributed by atoms with Gasteiger partial charge in [0.15, 0.2) is 0 Å². The second-order valence-corrected chi connectivity index (χ2v) is 5.25. The highest BCUT2D eigenvalue weighted by Gasteiger charge is 2.10. The van der Waals surface area contributed by atoms with Crippen molar-refractivity contribution in [3.63, 3.8) is 0 Å². The van der Waals surface area contributed by atoms with Gasteiger partial charge in [0.2, 0.25) is 0 Å². The fourth-order valence-corrected chi connectivity index (χ4v) is 2.44. The summed E-state index contributed by atoms with van der Waals surface area (Å²) in [5.74, 6) is 0.901. The van der Waals surface area contributed by atoms with E-state index in [2.05, 4.69) is 61.6 Å². The Morgan fingerprint density at radius 2 is 1.60 bits per heavy atom. The van der Waals surface area contributed by atoms with E-state index < -0.39 is 0 Å². The molecular formula is C18H23NO. The van der Waals surface area contributed by atoms with Gasteiger partial charge in [0.25, 0.3) is 0 Å². The van der Waals surface area contributed by atoms with Crippen molar-refractivity contribution >= 4 is 0 Å². The van der Waals surface area contributed by atoms with Crippen LogP contribution in [0.2, 0.25) is 0 Å². The molecule has 2 atom stereocenters. The summed E-state index contributed by atoms with van der Waals surface area (Å²) in [5.41, 5.74) is 2.65. The summed E-state index contributed by atoms with van der Waals surface area (Å²) in [6, 6.07) is 19.6. The molecule has 2 nitrogen and oxygen atoms in total. The molecule has 0 amide bonds. The molecule has 0 spiro atoms. The fourth-order valence-electron chi connectivity index (χ4n) is 2.44. The summed E-state index contributed by atoms with van der Waals surface area (Å²) in [5, 5.41) is 3.64. The standard InChI is InChI=1S/C18H23NO/c1-14(13-16-7-5-4-6-8-16)19-15(2)17-9-11-18(20-3)12-10-17/h4-12,14-15,19H,13H2,1-3H3/t14?,15-/m1/s1. The molecule has 2 rings (SSSR count). The van der Waals surface area contributed by atoms with E-state index in [9.17, 15) is 0 Å². The summed E-state index contributed by atoms with van der Waals surface area (Å²) in [6.45, 7) is 4.43. The molecule has 2 aromatic carbocycles. The molecule has 0 aliphatic carbocycles. The minimum atomic E-state index is 0.333. The number of rotatable bonds is 6. The normalized spacial score (nSPS) is 13.8. The molecule has 0 saturated heterocycles. The first-order chi connectivity index (χ1) is 9.69. The minimum Gasteiger partial charge on any atom is -0.497 e. The van der Waals surface area contributed by atoms with Crippen molar-refractivity contribution < 1.29 is 4.74 Å². The highest BCUT2D eigenvalue weighted by molar-refractivity contribution is 5.29. The Morgan fingerprint density at radius 3 is 2.20 bits per heavy atom. The quantitative estimate of drug-likeness (QED) is 0.856. The van der Waals surface area contributed by atoms with Gasteiger partial charge in [0, 0.05) is 12.1 Å². The third kappa shape index (κ3) is 4.10. The van der Waals surface area contributed by atoms with E-state index in [0.29, 0.717) is 12.1 Å². The lowest BCUT2D eigenvalue weighted by atomic mass is 10.0. The Balaban J connectivity index is 1.91. The first-order valence-electron chi connectivity index (χ1n) is 7.13. The van der Waals surface area contributed by atoms with Gasteiger partial charge in [0.05, 0.1) is 7.11 Å². The maximum atomic E-state index is 5.19. The third-order valence-electron chi connectivity index (χ3n) is 3.54. The highest BCUT2D eigenvalue weighted by Crippen LogP contribution is 2.18. The van der Waals surface area contributed by atoms with Crippen molar-refractivity contribution in [1.29, 1.82) is 0 Å². The largest absolute Gasteiger partial charge is 0.497 e. The molecular weight excluding hydrogens is 246 g/mol. The monoisotopic (exact) mass is 269 g/mol. The van der Waals surface area contributed by atoms with E-state index in [0.717, 1.165) is 12.2 Å². The second-order valence-electron chi connectivity index (χ2n) is 5.25. The molecule has 0 aromatic heterocycles. The average molecular weight is 269 g/mol. The van der Waals surface area contributed by atoms with Gasteiger partial charge in [-0.2, -0.15) is 0 Å². The van der Waals surface area contributed by atoms with E-state index in [-0.39, 0.29) is 0 Å². The van der Waals surface area contributed by atoms with Crippen LogP contribution in [0.25, 0.3) is 0 Å². The van der Waals surface area contributed by atoms with E-state index in [1.165, 1.54) is 11.1 Å². The van der Waals surface area contributed by atoms with Gasteiger partial charge >= 0.3 is 0 Å². The molecule has 2 aromatic rings. The Morgan fingerprint density at radius 1 is 0.950 bits per heavy atom. The van der Waals surface area contributed by atoms with Gasteiger partial charge in [-0.3, -0.25) is 0 Å². The van der Waals surface area contributed by atoms with Crippen molar-refractivity contribution in [2.45, 2.75) is 32.4 Å². The van der Waals surface area contributed by atoms with Gasteiger partial charge < -0.3 is 10.1 Å². The van der Waals surface area contributed by atoms with Crippen LogP contribution in [-0.4, -0.2) is 13.2 Å². The van der Waals surface area contributed by atoms with Crippen LogP contribution in [0.4, 0.5) is 0 Å². The lowest BCUT2D eigenvalue weighted by Gasteiger charge is -2.20. The molecule has 0 aliphatic heterocycles. The smallest absolute Gasteiger partial charge is 0.118 e. The Hall–Kier alpha value is -1.80. The molecule has 0 radical (unpaired) electrons. The van der Waals surface area contributed by atoms with Crippen molar-refractivity contribution in [1.82, 2.24) is 5.32 Å². The molecule has 20 heavy (non-hydrogen) atoms. The van der Waals surface area contributed by atoms with Crippen LogP contribution in [0.15, 0.2) is 54.6 Å². The van der Waals surface area contributed by atoms with Gasteiger partial charge in [-0.05, 0) is 43.5 Å². The van der Waals surface area contributed by atoms with Gasteiger partial charge in [-0.25, -0.2) is 0 Å². The lowest BCUT2D eigenvalue weighted by Crippen LogP contribution is -2.30. The maximum Gasteiger partial charge on any atom is 0.118 e. The zero-order valence-electron chi connectivity index (χ0n) is 12.5. The summed E-state index contributed by atoms with van der Waals surface area (Å²) in [7, 11) is 1.69. The van der Waals surface area contributed by atoms with Gasteiger partial charge in [-0.1, -0.05) is 42.5 Å². The van der Waals surface area contributed by atoms with Crippen LogP contribution in [0.3, 0.4) is 0 Å². The second kappa shape index (κ2) is 7.11. The summed E-state index contributed by atoms with van der Waals surface area (Å²) in [4.78, 5) is 0. The number of methoxy groups -OCH3 is 1. The first-order valence-corrected chi connectivity index (χ1v) is 7.13. The fraction of sp³-hybridized carbons (Fsp3) is 0.333. The van der Waals surface area contributed by atoms with E-state index in [1.54, 1.807) is 7.11 Å². The molecule has 0 fully saturated rings. The van der Waals surface area contributed by atoms with Gasteiger partial charge in [-0.15, -0.1) is 0 Å². The molecule has 1 unspecified atom stereocenters. The highest BCUT2D eigenvalue weighted by atomic mass is 16.5. The number of ether oxygens (including phenoxy) is 1. The Kier molecular flexibility index (Phi) is 5.19. The summed E-state index contributed by atoms with van der Waals surface area (Å²) >= 11 is 0. The van der Waals surface area contributed by atoms with Crippen LogP contribution in [0.5, 0.6) is 5.75 Å². The predicted molar refractivity (Wildman–Crippen MR) is 84.2 cm³/mol. The minimum absolute atomic E-state index is 0.333. The number of nitrogens with one attached hydrogen (secondary N) is 1. The Labute approximate surface area is 121 Å². The molecule has 0 saturated carbocycles. The Bertz CT molecular complexity index is 507. The van der Waals surface area contributed by atoms with Crippen molar-refractivity contribution in [3.05, 3.63) is 65.7 Å². The molecule has 2 heteroatoms. The molecule has 1 N–H and O–H groups in total.